The van der Waals surface area contributed by atoms with Crippen LogP contribution in [0.3, 0.4) is 0 Å². The van der Waals surface area contributed by atoms with Crippen molar-refractivity contribution < 1.29 is 22.7 Å². The number of hydrogen-bond donors (Lipinski definition) is 1. The van der Waals surface area contributed by atoms with Crippen LogP contribution in [0, 0.1) is 0 Å². The lowest BCUT2D eigenvalue weighted by atomic mass is 10.2. The van der Waals surface area contributed by atoms with Crippen LogP contribution in [0.5, 0.6) is 5.88 Å². The zero-order valence-electron chi connectivity index (χ0n) is 17.6. The first kappa shape index (κ1) is 22.7. The molecule has 2 aromatic rings. The van der Waals surface area contributed by atoms with E-state index in [4.69, 9.17) is 4.74 Å². The Bertz CT molecular complexity index is 1090. The summed E-state index contributed by atoms with van der Waals surface area (Å²) < 4.78 is 33.8. The van der Waals surface area contributed by atoms with E-state index in [-0.39, 0.29) is 49.6 Å². The number of sulfonamides is 1. The molecule has 0 saturated carbocycles. The number of carbonyl (C=O) groups excluding carboxylic acids is 2. The maximum Gasteiger partial charge on any atom is 0.243 e. The molecule has 1 aliphatic heterocycles. The predicted molar refractivity (Wildman–Crippen MR) is 116 cm³/mol. The third-order valence-electron chi connectivity index (χ3n) is 4.89. The molecule has 1 fully saturated rings. The van der Waals surface area contributed by atoms with Gasteiger partial charge in [-0.05, 0) is 38.1 Å². The minimum atomic E-state index is -3.78. The first-order valence-corrected chi connectivity index (χ1v) is 11.4. The van der Waals surface area contributed by atoms with Gasteiger partial charge in [0.15, 0.2) is 0 Å². The molecular formula is C21H26N4O5S. The van der Waals surface area contributed by atoms with E-state index in [2.05, 4.69) is 16.9 Å². The minimum Gasteiger partial charge on any atom is -0.475 e. The third kappa shape index (κ3) is 5.02. The second kappa shape index (κ2) is 9.44. The van der Waals surface area contributed by atoms with Crippen molar-refractivity contribution in [3.05, 3.63) is 43.1 Å². The Morgan fingerprint density at radius 3 is 2.55 bits per heavy atom. The Kier molecular flexibility index (Phi) is 6.91. The average molecular weight is 447 g/mol. The molecule has 10 heteroatoms. The van der Waals surface area contributed by atoms with Gasteiger partial charge in [-0.15, -0.1) is 0 Å². The fourth-order valence-corrected chi connectivity index (χ4v) is 4.99. The van der Waals surface area contributed by atoms with Crippen molar-refractivity contribution in [2.75, 3.05) is 32.7 Å². The summed E-state index contributed by atoms with van der Waals surface area (Å²) >= 11 is 0. The molecule has 3 rings (SSSR count). The summed E-state index contributed by atoms with van der Waals surface area (Å²) in [6, 6.07) is 6.69. The highest BCUT2D eigenvalue weighted by molar-refractivity contribution is 7.89. The summed E-state index contributed by atoms with van der Waals surface area (Å²) in [7, 11) is -3.78. The topological polar surface area (TPSA) is 109 Å². The summed E-state index contributed by atoms with van der Waals surface area (Å²) in [4.78, 5) is 29.4. The van der Waals surface area contributed by atoms with Gasteiger partial charge in [0.1, 0.15) is 0 Å². The number of nitrogens with zero attached hydrogens (tertiary/aromatic N) is 3. The van der Waals surface area contributed by atoms with Gasteiger partial charge < -0.3 is 15.0 Å². The molecule has 1 aliphatic rings. The van der Waals surface area contributed by atoms with Crippen LogP contribution >= 0.6 is 0 Å². The number of benzene rings is 1. The molecule has 1 saturated heterocycles. The van der Waals surface area contributed by atoms with Crippen LogP contribution < -0.4 is 10.1 Å². The Balaban J connectivity index is 1.77. The van der Waals surface area contributed by atoms with E-state index >= 15 is 0 Å². The van der Waals surface area contributed by atoms with Crippen LogP contribution in [0.15, 0.2) is 48.0 Å². The largest absolute Gasteiger partial charge is 0.475 e. The van der Waals surface area contributed by atoms with Gasteiger partial charge in [-0.2, -0.15) is 4.31 Å². The highest BCUT2D eigenvalue weighted by Crippen LogP contribution is 2.31. The smallest absolute Gasteiger partial charge is 0.243 e. The maximum atomic E-state index is 13.4. The van der Waals surface area contributed by atoms with E-state index in [1.54, 1.807) is 24.3 Å². The molecule has 0 spiro atoms. The predicted octanol–water partition coefficient (Wildman–Crippen LogP) is 1.16. The molecule has 166 valence electrons. The standard InChI is InChI=1S/C21H26N4O5S/c1-4-19(26)23-14-20(27)24-10-12-25(13-11-24)31(28,29)18-7-5-6-17-16(18)8-9-22-21(17)30-15(2)3/h4-9,15H,1,10-14H2,2-3H3,(H,23,26). The molecule has 0 aliphatic carbocycles. The number of nitrogens with one attached hydrogen (secondary N) is 1. The van der Waals surface area contributed by atoms with E-state index in [1.165, 1.54) is 15.4 Å². The first-order chi connectivity index (χ1) is 14.7. The molecule has 31 heavy (non-hydrogen) atoms. The fraction of sp³-hybridized carbons (Fsp3) is 0.381. The number of aromatic nitrogens is 1. The maximum absolute atomic E-state index is 13.4. The average Bonchev–Trinajstić information content (AvgIpc) is 2.76. The number of carbonyl (C=O) groups is 2. The summed E-state index contributed by atoms with van der Waals surface area (Å²) in [5.41, 5.74) is 0. The van der Waals surface area contributed by atoms with E-state index < -0.39 is 15.9 Å². The van der Waals surface area contributed by atoms with Gasteiger partial charge in [0.05, 0.1) is 17.5 Å². The van der Waals surface area contributed by atoms with Crippen LogP contribution in [0.1, 0.15) is 13.8 Å². The number of rotatable bonds is 7. The molecule has 2 amide bonds. The van der Waals surface area contributed by atoms with Crippen LogP contribution in [-0.2, 0) is 19.6 Å². The molecule has 1 aromatic carbocycles. The Hall–Kier alpha value is -2.98. The van der Waals surface area contributed by atoms with Crippen molar-refractivity contribution in [2.45, 2.75) is 24.8 Å². The lowest BCUT2D eigenvalue weighted by Crippen LogP contribution is -2.52. The van der Waals surface area contributed by atoms with E-state index in [1.807, 2.05) is 13.8 Å². The Morgan fingerprint density at radius 1 is 1.19 bits per heavy atom. The number of hydrogen-bond acceptors (Lipinski definition) is 6. The van der Waals surface area contributed by atoms with Gasteiger partial charge in [-0.1, -0.05) is 12.6 Å². The van der Waals surface area contributed by atoms with E-state index in [9.17, 15) is 18.0 Å². The highest BCUT2D eigenvalue weighted by atomic mass is 32.2. The number of fused-ring (bicyclic) bond motifs is 1. The van der Waals surface area contributed by atoms with Crippen LogP contribution in [0.4, 0.5) is 0 Å². The molecule has 0 bridgehead atoms. The third-order valence-corrected chi connectivity index (χ3v) is 6.84. The Labute approximate surface area is 181 Å². The number of ether oxygens (including phenoxy) is 1. The van der Waals surface area contributed by atoms with Gasteiger partial charge in [0, 0.05) is 43.1 Å². The number of pyridine rings is 1. The molecule has 2 heterocycles. The second-order valence-corrected chi connectivity index (χ2v) is 9.25. The normalized spacial score (nSPS) is 15.1. The summed E-state index contributed by atoms with van der Waals surface area (Å²) in [5, 5.41) is 3.61. The van der Waals surface area contributed by atoms with E-state index in [0.29, 0.717) is 16.7 Å². The lowest BCUT2D eigenvalue weighted by molar-refractivity contribution is -0.133. The van der Waals surface area contributed by atoms with Crippen molar-refractivity contribution in [3.63, 3.8) is 0 Å². The van der Waals surface area contributed by atoms with Crippen LogP contribution in [0.25, 0.3) is 10.8 Å². The molecule has 1 aromatic heterocycles. The number of piperazine rings is 1. The van der Waals surface area contributed by atoms with Crippen molar-refractivity contribution in [2.24, 2.45) is 0 Å². The monoisotopic (exact) mass is 446 g/mol. The van der Waals surface area contributed by atoms with Crippen molar-refractivity contribution >= 4 is 32.6 Å². The summed E-state index contributed by atoms with van der Waals surface area (Å²) in [5.74, 6) is -0.304. The van der Waals surface area contributed by atoms with Crippen LogP contribution in [-0.4, -0.2) is 73.2 Å². The molecule has 9 nitrogen and oxygen atoms in total. The highest BCUT2D eigenvalue weighted by Gasteiger charge is 2.31. The van der Waals surface area contributed by atoms with Gasteiger partial charge in [0.2, 0.25) is 27.7 Å². The van der Waals surface area contributed by atoms with Crippen molar-refractivity contribution in [1.29, 1.82) is 0 Å². The van der Waals surface area contributed by atoms with Gasteiger partial charge in [0.25, 0.3) is 0 Å². The zero-order chi connectivity index (χ0) is 22.6. The molecular weight excluding hydrogens is 420 g/mol. The molecule has 0 atom stereocenters. The molecule has 0 radical (unpaired) electrons. The fourth-order valence-electron chi connectivity index (χ4n) is 3.36. The lowest BCUT2D eigenvalue weighted by Gasteiger charge is -2.34. The van der Waals surface area contributed by atoms with Gasteiger partial charge >= 0.3 is 0 Å². The van der Waals surface area contributed by atoms with Crippen molar-refractivity contribution in [3.8, 4) is 5.88 Å². The van der Waals surface area contributed by atoms with Crippen molar-refractivity contribution in [1.82, 2.24) is 19.5 Å². The molecule has 0 unspecified atom stereocenters. The summed E-state index contributed by atoms with van der Waals surface area (Å²) in [6.07, 6.45) is 2.53. The quantitative estimate of drug-likeness (QED) is 0.640. The minimum absolute atomic E-state index is 0.0970. The van der Waals surface area contributed by atoms with E-state index in [0.717, 1.165) is 6.08 Å². The summed E-state index contributed by atoms with van der Waals surface area (Å²) in [6.45, 7) is 7.77. The van der Waals surface area contributed by atoms with Gasteiger partial charge in [-0.25, -0.2) is 13.4 Å². The van der Waals surface area contributed by atoms with Crippen LogP contribution in [0.2, 0.25) is 0 Å². The Morgan fingerprint density at radius 2 is 1.90 bits per heavy atom. The number of amides is 2. The SMILES string of the molecule is C=CC(=O)NCC(=O)N1CCN(S(=O)(=O)c2cccc3c(OC(C)C)nccc23)CC1. The second-order valence-electron chi connectivity index (χ2n) is 7.34. The first-order valence-electron chi connectivity index (χ1n) is 9.96. The van der Waals surface area contributed by atoms with Gasteiger partial charge in [-0.3, -0.25) is 9.59 Å². The molecule has 1 N–H and O–H groups in total. The zero-order valence-corrected chi connectivity index (χ0v) is 18.4.